The van der Waals surface area contributed by atoms with Gasteiger partial charge in [0.15, 0.2) is 12.6 Å². The molecule has 8 heteroatoms. The van der Waals surface area contributed by atoms with Crippen LogP contribution in [0.3, 0.4) is 0 Å². The van der Waals surface area contributed by atoms with Crippen molar-refractivity contribution in [3.8, 4) is 0 Å². The number of benzene rings is 1. The van der Waals surface area contributed by atoms with Crippen LogP contribution in [0.25, 0.3) is 0 Å². The summed E-state index contributed by atoms with van der Waals surface area (Å²) in [4.78, 5) is 23.2. The minimum Gasteiger partial charge on any atom is -0.463 e. The van der Waals surface area contributed by atoms with E-state index >= 15 is 0 Å². The first-order chi connectivity index (χ1) is 12.5. The summed E-state index contributed by atoms with van der Waals surface area (Å²) in [5.74, 6) is -0.876. The number of alkyl halides is 1. The van der Waals surface area contributed by atoms with E-state index in [1.165, 1.54) is 6.92 Å². The topological polar surface area (TPSA) is 80.3 Å². The Kier molecular flexibility index (Phi) is 6.29. The minimum atomic E-state index is -0.692. The molecule has 0 saturated carbocycles. The lowest BCUT2D eigenvalue weighted by Gasteiger charge is -2.39. The molecular weight excluding hydrogens is 408 g/mol. The summed E-state index contributed by atoms with van der Waals surface area (Å²) in [6.07, 6.45) is -2.24. The SMILES string of the molecule is CC[C@H]1O[C@H]2O[C@H](COC(C)=O)[C@@H](Br)[C@H](OC(=O)c3ccccc3)[C@H]2O1. The fourth-order valence-electron chi connectivity index (χ4n) is 2.90. The summed E-state index contributed by atoms with van der Waals surface area (Å²) >= 11 is 3.52. The van der Waals surface area contributed by atoms with Gasteiger partial charge in [0.2, 0.25) is 0 Å². The Morgan fingerprint density at radius 1 is 1.15 bits per heavy atom. The van der Waals surface area contributed by atoms with Crippen LogP contribution >= 0.6 is 15.9 Å². The molecule has 3 rings (SSSR count). The van der Waals surface area contributed by atoms with Gasteiger partial charge in [-0.1, -0.05) is 41.1 Å². The van der Waals surface area contributed by atoms with E-state index in [0.717, 1.165) is 0 Å². The Labute approximate surface area is 160 Å². The Morgan fingerprint density at radius 2 is 1.88 bits per heavy atom. The van der Waals surface area contributed by atoms with Crippen molar-refractivity contribution in [2.75, 3.05) is 6.61 Å². The van der Waals surface area contributed by atoms with Gasteiger partial charge in [0.05, 0.1) is 10.4 Å². The van der Waals surface area contributed by atoms with E-state index in [0.29, 0.717) is 12.0 Å². The van der Waals surface area contributed by atoms with Crippen LogP contribution in [-0.4, -0.2) is 54.3 Å². The number of ether oxygens (including phenoxy) is 5. The Balaban J connectivity index is 1.76. The molecule has 142 valence electrons. The highest BCUT2D eigenvalue weighted by Gasteiger charge is 2.53. The first-order valence-corrected chi connectivity index (χ1v) is 9.41. The number of esters is 2. The molecule has 2 aliphatic heterocycles. The third-order valence-electron chi connectivity index (χ3n) is 4.20. The molecule has 0 unspecified atom stereocenters. The summed E-state index contributed by atoms with van der Waals surface area (Å²) in [7, 11) is 0. The highest BCUT2D eigenvalue weighted by molar-refractivity contribution is 9.09. The third-order valence-corrected chi connectivity index (χ3v) is 5.31. The van der Waals surface area contributed by atoms with Crippen LogP contribution in [-0.2, 0) is 28.5 Å². The van der Waals surface area contributed by atoms with Crippen molar-refractivity contribution < 1.29 is 33.3 Å². The quantitative estimate of drug-likeness (QED) is 0.526. The lowest BCUT2D eigenvalue weighted by atomic mass is 10.0. The molecule has 1 aromatic rings. The Morgan fingerprint density at radius 3 is 2.54 bits per heavy atom. The minimum absolute atomic E-state index is 0.0218. The maximum absolute atomic E-state index is 12.5. The van der Waals surface area contributed by atoms with E-state index in [1.807, 2.05) is 13.0 Å². The molecule has 0 N–H and O–H groups in total. The molecule has 7 nitrogen and oxygen atoms in total. The van der Waals surface area contributed by atoms with E-state index in [-0.39, 0.29) is 6.61 Å². The van der Waals surface area contributed by atoms with Crippen LogP contribution in [0.4, 0.5) is 0 Å². The molecule has 0 radical (unpaired) electrons. The van der Waals surface area contributed by atoms with Crippen molar-refractivity contribution in [2.45, 2.75) is 56.0 Å². The molecule has 2 aliphatic rings. The number of rotatable bonds is 5. The van der Waals surface area contributed by atoms with Gasteiger partial charge in [-0.2, -0.15) is 0 Å². The zero-order chi connectivity index (χ0) is 18.7. The molecule has 0 aliphatic carbocycles. The molecule has 2 fully saturated rings. The number of carbonyl (C=O) groups is 2. The van der Waals surface area contributed by atoms with Crippen LogP contribution in [0.5, 0.6) is 0 Å². The number of hydrogen-bond donors (Lipinski definition) is 0. The molecule has 26 heavy (non-hydrogen) atoms. The standard InChI is InChI=1S/C18H21BrO7/c1-3-13-24-16-15(26-17(21)11-7-5-4-6-8-11)14(19)12(9-22-10(2)20)23-18(16)25-13/h4-8,12-16,18H,3,9H2,1-2H3/t12-,13-,14-,15+,16-,18-/m1/s1. The predicted molar refractivity (Wildman–Crippen MR) is 93.7 cm³/mol. The second-order valence-electron chi connectivity index (χ2n) is 6.10. The fourth-order valence-corrected chi connectivity index (χ4v) is 3.59. The summed E-state index contributed by atoms with van der Waals surface area (Å²) in [6.45, 7) is 3.27. The smallest absolute Gasteiger partial charge is 0.338 e. The van der Waals surface area contributed by atoms with Gasteiger partial charge in [0, 0.05) is 6.92 Å². The van der Waals surface area contributed by atoms with E-state index in [4.69, 9.17) is 23.7 Å². The van der Waals surface area contributed by atoms with Crippen LogP contribution in [0.15, 0.2) is 30.3 Å². The molecule has 6 atom stereocenters. The van der Waals surface area contributed by atoms with Gasteiger partial charge in [-0.15, -0.1) is 0 Å². The maximum Gasteiger partial charge on any atom is 0.338 e. The normalized spacial score (nSPS) is 33.3. The van der Waals surface area contributed by atoms with E-state index in [1.54, 1.807) is 24.3 Å². The summed E-state index contributed by atoms with van der Waals surface area (Å²) in [5, 5.41) is 0. The summed E-state index contributed by atoms with van der Waals surface area (Å²) < 4.78 is 28.2. The van der Waals surface area contributed by atoms with Crippen molar-refractivity contribution in [1.29, 1.82) is 0 Å². The molecule has 2 saturated heterocycles. The van der Waals surface area contributed by atoms with Crippen molar-refractivity contribution in [2.24, 2.45) is 0 Å². The first-order valence-electron chi connectivity index (χ1n) is 8.49. The summed E-state index contributed by atoms with van der Waals surface area (Å²) in [5.41, 5.74) is 0.442. The average Bonchev–Trinajstić information content (AvgIpc) is 3.06. The van der Waals surface area contributed by atoms with Gasteiger partial charge in [-0.3, -0.25) is 4.79 Å². The van der Waals surface area contributed by atoms with Crippen molar-refractivity contribution in [3.63, 3.8) is 0 Å². The number of fused-ring (bicyclic) bond motifs is 1. The Bertz CT molecular complexity index is 638. The highest BCUT2D eigenvalue weighted by Crippen LogP contribution is 2.37. The Hall–Kier alpha value is -1.48. The van der Waals surface area contributed by atoms with Crippen molar-refractivity contribution in [3.05, 3.63) is 35.9 Å². The van der Waals surface area contributed by atoms with Gasteiger partial charge in [-0.05, 0) is 18.6 Å². The zero-order valence-electron chi connectivity index (χ0n) is 14.5. The summed E-state index contributed by atoms with van der Waals surface area (Å²) in [6, 6.07) is 8.71. The van der Waals surface area contributed by atoms with Gasteiger partial charge in [0.25, 0.3) is 0 Å². The second kappa shape index (κ2) is 8.47. The fraction of sp³-hybridized carbons (Fsp3) is 0.556. The van der Waals surface area contributed by atoms with Gasteiger partial charge in [0.1, 0.15) is 24.9 Å². The molecular formula is C18H21BrO7. The van der Waals surface area contributed by atoms with E-state index < -0.39 is 47.7 Å². The third kappa shape index (κ3) is 4.25. The number of hydrogen-bond acceptors (Lipinski definition) is 7. The first kappa shape index (κ1) is 19.3. The number of carbonyl (C=O) groups excluding carboxylic acids is 2. The molecule has 0 bridgehead atoms. The molecule has 0 aromatic heterocycles. The van der Waals surface area contributed by atoms with Crippen molar-refractivity contribution in [1.82, 2.24) is 0 Å². The predicted octanol–water partition coefficient (Wildman–Crippen LogP) is 2.42. The monoisotopic (exact) mass is 428 g/mol. The largest absolute Gasteiger partial charge is 0.463 e. The highest BCUT2D eigenvalue weighted by atomic mass is 79.9. The van der Waals surface area contributed by atoms with E-state index in [2.05, 4.69) is 15.9 Å². The molecule has 1 aromatic carbocycles. The van der Waals surface area contributed by atoms with Gasteiger partial charge in [-0.25, -0.2) is 4.79 Å². The lowest BCUT2D eigenvalue weighted by Crippen LogP contribution is -2.56. The average molecular weight is 429 g/mol. The molecule has 0 spiro atoms. The van der Waals surface area contributed by atoms with Crippen molar-refractivity contribution >= 4 is 27.9 Å². The van der Waals surface area contributed by atoms with E-state index in [9.17, 15) is 9.59 Å². The zero-order valence-corrected chi connectivity index (χ0v) is 16.1. The van der Waals surface area contributed by atoms with Crippen LogP contribution in [0, 0.1) is 0 Å². The number of halogens is 1. The van der Waals surface area contributed by atoms with Crippen LogP contribution < -0.4 is 0 Å². The molecule has 0 amide bonds. The second-order valence-corrected chi connectivity index (χ2v) is 7.16. The van der Waals surface area contributed by atoms with Crippen LogP contribution in [0.2, 0.25) is 0 Å². The van der Waals surface area contributed by atoms with Crippen LogP contribution in [0.1, 0.15) is 30.6 Å². The maximum atomic E-state index is 12.5. The van der Waals surface area contributed by atoms with Gasteiger partial charge >= 0.3 is 11.9 Å². The van der Waals surface area contributed by atoms with Gasteiger partial charge < -0.3 is 23.7 Å². The lowest BCUT2D eigenvalue weighted by molar-refractivity contribution is -0.213. The molecule has 2 heterocycles.